The van der Waals surface area contributed by atoms with E-state index >= 15 is 0 Å². The molecule has 1 saturated heterocycles. The minimum Gasteiger partial charge on any atom is -0.359 e. The van der Waals surface area contributed by atoms with Crippen molar-refractivity contribution in [3.8, 4) is 0 Å². The molecular weight excluding hydrogens is 284 g/mol. The maximum Gasteiger partial charge on any atom is 0.323 e. The number of rotatable bonds is 2. The third kappa shape index (κ3) is 3.78. The Morgan fingerprint density at radius 3 is 2.73 bits per heavy atom. The van der Waals surface area contributed by atoms with Gasteiger partial charge in [0.05, 0.1) is 5.92 Å². The summed E-state index contributed by atoms with van der Waals surface area (Å²) in [5.74, 6) is 0.947. The van der Waals surface area contributed by atoms with E-state index in [1.54, 1.807) is 18.0 Å². The Morgan fingerprint density at radius 2 is 2.14 bits per heavy atom. The molecule has 2 N–H and O–H groups in total. The average Bonchev–Trinajstić information content (AvgIpc) is 2.95. The Bertz CT molecular complexity index is 547. The van der Waals surface area contributed by atoms with Crippen molar-refractivity contribution in [2.75, 3.05) is 25.5 Å². The molecule has 0 saturated carbocycles. The van der Waals surface area contributed by atoms with Crippen molar-refractivity contribution in [1.82, 2.24) is 15.4 Å². The zero-order valence-corrected chi connectivity index (χ0v) is 13.6. The normalized spacial score (nSPS) is 18.9. The second-order valence-corrected chi connectivity index (χ2v) is 6.66. The SMILES string of the molecule is CNC(=O)[C@@H]1CCCN(C(=O)Nc2cc(C(C)(C)C)on2)C1. The van der Waals surface area contributed by atoms with Gasteiger partial charge < -0.3 is 14.7 Å². The molecule has 22 heavy (non-hydrogen) atoms. The Balaban J connectivity index is 1.97. The molecule has 1 aliphatic rings. The molecule has 7 heteroatoms. The molecule has 2 rings (SSSR count). The van der Waals surface area contributed by atoms with Gasteiger partial charge in [-0.1, -0.05) is 25.9 Å². The minimum absolute atomic E-state index is 0.0195. The number of nitrogens with zero attached hydrogens (tertiary/aromatic N) is 2. The van der Waals surface area contributed by atoms with E-state index in [4.69, 9.17) is 4.52 Å². The van der Waals surface area contributed by atoms with Crippen LogP contribution in [0.4, 0.5) is 10.6 Å². The summed E-state index contributed by atoms with van der Waals surface area (Å²) in [7, 11) is 1.62. The molecule has 0 unspecified atom stereocenters. The third-order valence-electron chi connectivity index (χ3n) is 3.81. The first kappa shape index (κ1) is 16.3. The van der Waals surface area contributed by atoms with Crippen molar-refractivity contribution >= 4 is 17.8 Å². The first-order valence-corrected chi connectivity index (χ1v) is 7.56. The largest absolute Gasteiger partial charge is 0.359 e. The van der Waals surface area contributed by atoms with E-state index in [9.17, 15) is 9.59 Å². The molecule has 1 aromatic rings. The highest BCUT2D eigenvalue weighted by Gasteiger charge is 2.28. The Labute approximate surface area is 130 Å². The minimum atomic E-state index is -0.248. The van der Waals surface area contributed by atoms with Crippen LogP contribution in [0.25, 0.3) is 0 Å². The van der Waals surface area contributed by atoms with Gasteiger partial charge in [0.25, 0.3) is 0 Å². The number of hydrogen-bond acceptors (Lipinski definition) is 4. The summed E-state index contributed by atoms with van der Waals surface area (Å²) in [6.07, 6.45) is 1.62. The Hall–Kier alpha value is -2.05. The van der Waals surface area contributed by atoms with E-state index in [1.165, 1.54) is 0 Å². The van der Waals surface area contributed by atoms with Crippen LogP contribution in [-0.4, -0.2) is 42.1 Å². The fraction of sp³-hybridized carbons (Fsp3) is 0.667. The topological polar surface area (TPSA) is 87.5 Å². The molecule has 0 aliphatic carbocycles. The number of piperidine rings is 1. The predicted molar refractivity (Wildman–Crippen MR) is 82.6 cm³/mol. The zero-order valence-electron chi connectivity index (χ0n) is 13.6. The first-order chi connectivity index (χ1) is 10.3. The third-order valence-corrected chi connectivity index (χ3v) is 3.81. The van der Waals surface area contributed by atoms with Crippen LogP contribution in [0, 0.1) is 5.92 Å². The molecule has 0 spiro atoms. The molecule has 0 radical (unpaired) electrons. The van der Waals surface area contributed by atoms with Crippen LogP contribution in [0.15, 0.2) is 10.6 Å². The van der Waals surface area contributed by atoms with Crippen molar-refractivity contribution in [2.45, 2.75) is 39.0 Å². The lowest BCUT2D eigenvalue weighted by Crippen LogP contribution is -2.46. The van der Waals surface area contributed by atoms with Gasteiger partial charge in [-0.15, -0.1) is 0 Å². The van der Waals surface area contributed by atoms with Crippen molar-refractivity contribution in [2.24, 2.45) is 5.92 Å². The van der Waals surface area contributed by atoms with E-state index < -0.39 is 0 Å². The molecule has 1 aliphatic heterocycles. The van der Waals surface area contributed by atoms with Crippen LogP contribution in [-0.2, 0) is 10.2 Å². The highest BCUT2D eigenvalue weighted by Crippen LogP contribution is 2.25. The second-order valence-electron chi connectivity index (χ2n) is 6.66. The molecule has 1 aromatic heterocycles. The maximum absolute atomic E-state index is 12.3. The van der Waals surface area contributed by atoms with Crippen molar-refractivity contribution in [3.63, 3.8) is 0 Å². The van der Waals surface area contributed by atoms with E-state index in [2.05, 4.69) is 15.8 Å². The van der Waals surface area contributed by atoms with Gasteiger partial charge in [0, 0.05) is 31.6 Å². The summed E-state index contributed by atoms with van der Waals surface area (Å²) in [4.78, 5) is 25.6. The molecule has 122 valence electrons. The zero-order chi connectivity index (χ0) is 16.3. The summed E-state index contributed by atoms with van der Waals surface area (Å²) in [5.41, 5.74) is -0.161. The average molecular weight is 308 g/mol. The highest BCUT2D eigenvalue weighted by atomic mass is 16.5. The molecule has 7 nitrogen and oxygen atoms in total. The van der Waals surface area contributed by atoms with Crippen LogP contribution in [0.5, 0.6) is 0 Å². The van der Waals surface area contributed by atoms with Crippen LogP contribution in [0.3, 0.4) is 0 Å². The van der Waals surface area contributed by atoms with E-state index in [0.29, 0.717) is 24.7 Å². The predicted octanol–water partition coefficient (Wildman–Crippen LogP) is 1.96. The lowest BCUT2D eigenvalue weighted by atomic mass is 9.93. The first-order valence-electron chi connectivity index (χ1n) is 7.56. The van der Waals surface area contributed by atoms with Gasteiger partial charge in [0.1, 0.15) is 5.76 Å². The Morgan fingerprint density at radius 1 is 1.41 bits per heavy atom. The van der Waals surface area contributed by atoms with Gasteiger partial charge in [0.15, 0.2) is 5.82 Å². The molecule has 2 heterocycles. The van der Waals surface area contributed by atoms with Crippen molar-refractivity contribution in [3.05, 3.63) is 11.8 Å². The lowest BCUT2D eigenvalue weighted by Gasteiger charge is -2.31. The van der Waals surface area contributed by atoms with Crippen LogP contribution in [0.2, 0.25) is 0 Å². The van der Waals surface area contributed by atoms with Crippen LogP contribution < -0.4 is 10.6 Å². The Kier molecular flexibility index (Phi) is 4.73. The summed E-state index contributed by atoms with van der Waals surface area (Å²) in [6.45, 7) is 7.10. The number of amides is 3. The van der Waals surface area contributed by atoms with Gasteiger partial charge in [-0.25, -0.2) is 4.79 Å². The number of nitrogens with one attached hydrogen (secondary N) is 2. The van der Waals surface area contributed by atoms with Gasteiger partial charge >= 0.3 is 6.03 Å². The second kappa shape index (κ2) is 6.37. The number of urea groups is 1. The van der Waals surface area contributed by atoms with Gasteiger partial charge in [0.2, 0.25) is 5.91 Å². The van der Waals surface area contributed by atoms with Gasteiger partial charge in [-0.2, -0.15) is 0 Å². The number of carbonyl (C=O) groups excluding carboxylic acids is 2. The molecular formula is C15H24N4O3. The maximum atomic E-state index is 12.3. The number of hydrogen-bond donors (Lipinski definition) is 2. The fourth-order valence-corrected chi connectivity index (χ4v) is 2.46. The standard InChI is InChI=1S/C15H24N4O3/c1-15(2,3)11-8-12(18-22-11)17-14(21)19-7-5-6-10(9-19)13(20)16-4/h8,10H,5-7,9H2,1-4H3,(H,16,20)(H,17,18,21)/t10-/m1/s1. The van der Waals surface area contributed by atoms with Crippen LogP contribution >= 0.6 is 0 Å². The summed E-state index contributed by atoms with van der Waals surface area (Å²) in [6, 6.07) is 1.49. The molecule has 0 bridgehead atoms. The van der Waals surface area contributed by atoms with E-state index in [1.807, 2.05) is 20.8 Å². The van der Waals surface area contributed by atoms with Crippen molar-refractivity contribution < 1.29 is 14.1 Å². The summed E-state index contributed by atoms with van der Waals surface area (Å²) in [5, 5.41) is 9.25. The lowest BCUT2D eigenvalue weighted by molar-refractivity contribution is -0.125. The van der Waals surface area contributed by atoms with Gasteiger partial charge in [-0.05, 0) is 12.8 Å². The molecule has 0 aromatic carbocycles. The molecule has 1 fully saturated rings. The number of anilines is 1. The van der Waals surface area contributed by atoms with Crippen molar-refractivity contribution in [1.29, 1.82) is 0 Å². The van der Waals surface area contributed by atoms with Gasteiger partial charge in [-0.3, -0.25) is 10.1 Å². The highest BCUT2D eigenvalue weighted by molar-refractivity contribution is 5.89. The molecule has 1 atom stereocenters. The fourth-order valence-electron chi connectivity index (χ4n) is 2.46. The smallest absolute Gasteiger partial charge is 0.323 e. The molecule has 3 amide bonds. The van der Waals surface area contributed by atoms with E-state index in [-0.39, 0.29) is 23.3 Å². The number of carbonyl (C=O) groups is 2. The monoisotopic (exact) mass is 308 g/mol. The summed E-state index contributed by atoms with van der Waals surface area (Å²) >= 11 is 0. The number of likely N-dealkylation sites (tertiary alicyclic amines) is 1. The quantitative estimate of drug-likeness (QED) is 0.874. The summed E-state index contributed by atoms with van der Waals surface area (Å²) < 4.78 is 5.25. The number of aromatic nitrogens is 1. The van der Waals surface area contributed by atoms with Crippen LogP contribution in [0.1, 0.15) is 39.4 Å². The van der Waals surface area contributed by atoms with E-state index in [0.717, 1.165) is 12.8 Å².